The van der Waals surface area contributed by atoms with E-state index in [1.54, 1.807) is 12.1 Å². The molecule has 2 N–H and O–H groups in total. The number of rotatable bonds is 6. The third kappa shape index (κ3) is 6.05. The van der Waals surface area contributed by atoms with E-state index < -0.39 is 0 Å². The smallest absolute Gasteiger partial charge is 0.251 e. The lowest BCUT2D eigenvalue weighted by molar-refractivity contribution is 0.0947. The van der Waals surface area contributed by atoms with Crippen LogP contribution in [0.3, 0.4) is 0 Å². The highest BCUT2D eigenvalue weighted by atomic mass is 35.5. The number of hydrogen-bond donors (Lipinski definition) is 2. The molecule has 1 heterocycles. The summed E-state index contributed by atoms with van der Waals surface area (Å²) in [6.45, 7) is 5.69. The summed E-state index contributed by atoms with van der Waals surface area (Å²) < 4.78 is 5.73. The van der Waals surface area contributed by atoms with E-state index >= 15 is 0 Å². The average Bonchev–Trinajstić information content (AvgIpc) is 2.64. The van der Waals surface area contributed by atoms with Crippen molar-refractivity contribution in [1.29, 1.82) is 0 Å². The van der Waals surface area contributed by atoms with Crippen LogP contribution in [-0.4, -0.2) is 50.1 Å². The molecule has 0 aliphatic carbocycles. The summed E-state index contributed by atoms with van der Waals surface area (Å²) in [5.41, 5.74) is 0.649. The van der Waals surface area contributed by atoms with Crippen LogP contribution < -0.4 is 15.4 Å². The largest absolute Gasteiger partial charge is 0.457 e. The monoisotopic (exact) mass is 361 g/mol. The second-order valence-electron chi connectivity index (χ2n) is 5.79. The Morgan fingerprint density at radius 2 is 1.64 bits per heavy atom. The van der Waals surface area contributed by atoms with E-state index in [-0.39, 0.29) is 18.3 Å². The first kappa shape index (κ1) is 19.2. The topological polar surface area (TPSA) is 53.6 Å². The Morgan fingerprint density at radius 1 is 1.00 bits per heavy atom. The molecule has 6 heteroatoms. The van der Waals surface area contributed by atoms with Gasteiger partial charge in [0.25, 0.3) is 5.91 Å². The molecule has 1 saturated heterocycles. The van der Waals surface area contributed by atoms with Gasteiger partial charge in [0.05, 0.1) is 0 Å². The number of carbonyl (C=O) groups excluding carboxylic acids is 1. The first-order valence-corrected chi connectivity index (χ1v) is 8.35. The van der Waals surface area contributed by atoms with Crippen LogP contribution in [0.25, 0.3) is 0 Å². The number of ether oxygens (including phenoxy) is 1. The number of halogens is 1. The highest BCUT2D eigenvalue weighted by Gasteiger charge is 2.10. The first-order chi connectivity index (χ1) is 11.8. The fourth-order valence-electron chi connectivity index (χ4n) is 2.66. The quantitative estimate of drug-likeness (QED) is 0.830. The lowest BCUT2D eigenvalue weighted by atomic mass is 10.2. The molecule has 0 spiro atoms. The molecule has 1 aliphatic rings. The molecule has 25 heavy (non-hydrogen) atoms. The number of amides is 1. The van der Waals surface area contributed by atoms with Crippen LogP contribution in [0.1, 0.15) is 10.4 Å². The van der Waals surface area contributed by atoms with Crippen molar-refractivity contribution in [3.05, 3.63) is 60.2 Å². The van der Waals surface area contributed by atoms with Crippen LogP contribution >= 0.6 is 12.4 Å². The molecule has 134 valence electrons. The molecule has 1 amide bonds. The number of benzene rings is 2. The SMILES string of the molecule is Cl.O=C(NCCN1CCNCC1)c1ccc(Oc2ccccc2)cc1. The van der Waals surface area contributed by atoms with Crippen molar-refractivity contribution in [1.82, 2.24) is 15.5 Å². The van der Waals surface area contributed by atoms with E-state index in [0.29, 0.717) is 12.1 Å². The number of nitrogens with one attached hydrogen (secondary N) is 2. The zero-order valence-electron chi connectivity index (χ0n) is 14.1. The van der Waals surface area contributed by atoms with Gasteiger partial charge in [0.15, 0.2) is 0 Å². The summed E-state index contributed by atoms with van der Waals surface area (Å²) in [5, 5.41) is 6.30. The molecule has 5 nitrogen and oxygen atoms in total. The highest BCUT2D eigenvalue weighted by molar-refractivity contribution is 5.94. The molecule has 1 fully saturated rings. The molecule has 0 aromatic heterocycles. The number of piperazine rings is 1. The van der Waals surface area contributed by atoms with Gasteiger partial charge in [-0.3, -0.25) is 9.69 Å². The Labute approximate surface area is 154 Å². The zero-order chi connectivity index (χ0) is 16.6. The average molecular weight is 362 g/mol. The number of para-hydroxylation sites is 1. The second-order valence-corrected chi connectivity index (χ2v) is 5.79. The summed E-state index contributed by atoms with van der Waals surface area (Å²) in [6.07, 6.45) is 0. The summed E-state index contributed by atoms with van der Waals surface area (Å²) in [4.78, 5) is 14.5. The van der Waals surface area contributed by atoms with Crippen molar-refractivity contribution in [3.8, 4) is 11.5 Å². The Balaban J connectivity index is 0.00000225. The summed E-state index contributed by atoms with van der Waals surface area (Å²) in [5.74, 6) is 1.46. The molecule has 0 unspecified atom stereocenters. The van der Waals surface area contributed by atoms with Gasteiger partial charge in [-0.15, -0.1) is 12.4 Å². The first-order valence-electron chi connectivity index (χ1n) is 8.35. The van der Waals surface area contributed by atoms with E-state index in [0.717, 1.165) is 44.2 Å². The summed E-state index contributed by atoms with van der Waals surface area (Å²) >= 11 is 0. The predicted molar refractivity (Wildman–Crippen MR) is 102 cm³/mol. The van der Waals surface area contributed by atoms with Crippen LogP contribution in [0.5, 0.6) is 11.5 Å². The van der Waals surface area contributed by atoms with Crippen molar-refractivity contribution in [3.63, 3.8) is 0 Å². The maximum Gasteiger partial charge on any atom is 0.251 e. The van der Waals surface area contributed by atoms with Gasteiger partial charge >= 0.3 is 0 Å². The molecular formula is C19H24ClN3O2. The van der Waals surface area contributed by atoms with Crippen LogP contribution in [0.4, 0.5) is 0 Å². The van der Waals surface area contributed by atoms with Crippen molar-refractivity contribution in [2.24, 2.45) is 0 Å². The fraction of sp³-hybridized carbons (Fsp3) is 0.316. The summed E-state index contributed by atoms with van der Waals surface area (Å²) in [7, 11) is 0. The highest BCUT2D eigenvalue weighted by Crippen LogP contribution is 2.21. The minimum absolute atomic E-state index is 0. The van der Waals surface area contributed by atoms with Crippen molar-refractivity contribution in [2.75, 3.05) is 39.3 Å². The van der Waals surface area contributed by atoms with Gasteiger partial charge in [-0.05, 0) is 36.4 Å². The molecule has 0 saturated carbocycles. The lowest BCUT2D eigenvalue weighted by Gasteiger charge is -2.27. The van der Waals surface area contributed by atoms with E-state index in [4.69, 9.17) is 4.74 Å². The Bertz CT molecular complexity index is 643. The Kier molecular flexibility index (Phi) is 7.73. The maximum atomic E-state index is 12.2. The van der Waals surface area contributed by atoms with Crippen LogP contribution in [0.2, 0.25) is 0 Å². The van der Waals surface area contributed by atoms with Crippen LogP contribution in [0.15, 0.2) is 54.6 Å². The summed E-state index contributed by atoms with van der Waals surface area (Å²) in [6, 6.07) is 16.8. The van der Waals surface area contributed by atoms with Gasteiger partial charge in [0.1, 0.15) is 11.5 Å². The number of nitrogens with zero attached hydrogens (tertiary/aromatic N) is 1. The molecule has 0 radical (unpaired) electrons. The molecule has 0 bridgehead atoms. The number of hydrogen-bond acceptors (Lipinski definition) is 4. The van der Waals surface area contributed by atoms with Crippen molar-refractivity contribution < 1.29 is 9.53 Å². The lowest BCUT2D eigenvalue weighted by Crippen LogP contribution is -2.46. The van der Waals surface area contributed by atoms with Gasteiger partial charge in [-0.2, -0.15) is 0 Å². The fourth-order valence-corrected chi connectivity index (χ4v) is 2.66. The van der Waals surface area contributed by atoms with Crippen molar-refractivity contribution >= 4 is 18.3 Å². The van der Waals surface area contributed by atoms with Crippen LogP contribution in [-0.2, 0) is 0 Å². The van der Waals surface area contributed by atoms with Gasteiger partial charge in [-0.25, -0.2) is 0 Å². The maximum absolute atomic E-state index is 12.2. The second kappa shape index (κ2) is 10.0. The van der Waals surface area contributed by atoms with Gasteiger partial charge in [-0.1, -0.05) is 18.2 Å². The minimum Gasteiger partial charge on any atom is -0.457 e. The predicted octanol–water partition coefficient (Wildman–Crippen LogP) is 2.54. The van der Waals surface area contributed by atoms with Gasteiger partial charge in [0.2, 0.25) is 0 Å². The van der Waals surface area contributed by atoms with E-state index in [9.17, 15) is 4.79 Å². The minimum atomic E-state index is -0.0450. The molecule has 1 aliphatic heterocycles. The zero-order valence-corrected chi connectivity index (χ0v) is 14.9. The Hall–Kier alpha value is -2.08. The molecular weight excluding hydrogens is 338 g/mol. The van der Waals surface area contributed by atoms with E-state index in [1.807, 2.05) is 42.5 Å². The molecule has 3 rings (SSSR count). The normalized spacial score (nSPS) is 14.4. The number of carbonyl (C=O) groups is 1. The van der Waals surface area contributed by atoms with Gasteiger partial charge < -0.3 is 15.4 Å². The van der Waals surface area contributed by atoms with E-state index in [1.165, 1.54) is 0 Å². The molecule has 2 aromatic rings. The molecule has 2 aromatic carbocycles. The Morgan fingerprint density at radius 3 is 2.32 bits per heavy atom. The third-order valence-electron chi connectivity index (χ3n) is 4.02. The third-order valence-corrected chi connectivity index (χ3v) is 4.02. The van der Waals surface area contributed by atoms with E-state index in [2.05, 4.69) is 15.5 Å². The van der Waals surface area contributed by atoms with Crippen LogP contribution in [0, 0.1) is 0 Å². The molecule has 0 atom stereocenters. The van der Waals surface area contributed by atoms with Crippen molar-refractivity contribution in [2.45, 2.75) is 0 Å². The van der Waals surface area contributed by atoms with Gasteiger partial charge in [0, 0.05) is 44.8 Å². The standard InChI is InChI=1S/C19H23N3O2.ClH/c23-19(21-12-15-22-13-10-20-11-14-22)16-6-8-18(9-7-16)24-17-4-2-1-3-5-17;/h1-9,20H,10-15H2,(H,21,23);1H.